The first-order valence-electron chi connectivity index (χ1n) is 10.1. The second kappa shape index (κ2) is 9.41. The SMILES string of the molecule is CCCc1cc2c(C(F)(F)F)noc2c(CCC)c1OC(C(=O)OC)c1ccccc1. The van der Waals surface area contributed by atoms with Gasteiger partial charge in [-0.3, -0.25) is 0 Å². The number of aromatic nitrogens is 1. The normalized spacial score (nSPS) is 12.7. The van der Waals surface area contributed by atoms with E-state index in [0.717, 1.165) is 0 Å². The first kappa shape index (κ1) is 22.7. The lowest BCUT2D eigenvalue weighted by molar-refractivity contribution is -0.149. The van der Waals surface area contributed by atoms with Crippen molar-refractivity contribution in [2.24, 2.45) is 0 Å². The van der Waals surface area contributed by atoms with Gasteiger partial charge in [-0.05, 0) is 24.5 Å². The topological polar surface area (TPSA) is 61.6 Å². The summed E-state index contributed by atoms with van der Waals surface area (Å²) in [4.78, 5) is 12.5. The van der Waals surface area contributed by atoms with Crippen molar-refractivity contribution in [2.45, 2.75) is 51.8 Å². The molecule has 166 valence electrons. The highest BCUT2D eigenvalue weighted by molar-refractivity contribution is 5.87. The zero-order valence-electron chi connectivity index (χ0n) is 17.6. The van der Waals surface area contributed by atoms with Crippen molar-refractivity contribution in [3.05, 3.63) is 58.8 Å². The quantitative estimate of drug-likeness (QED) is 0.404. The van der Waals surface area contributed by atoms with E-state index in [-0.39, 0.29) is 11.0 Å². The van der Waals surface area contributed by atoms with E-state index in [1.807, 2.05) is 19.9 Å². The Morgan fingerprint density at radius 1 is 1.13 bits per heavy atom. The number of ether oxygens (including phenoxy) is 2. The maximum Gasteiger partial charge on any atom is 0.437 e. The molecule has 0 N–H and O–H groups in total. The molecule has 0 bridgehead atoms. The second-order valence-electron chi connectivity index (χ2n) is 7.18. The third-order valence-corrected chi connectivity index (χ3v) is 4.93. The van der Waals surface area contributed by atoms with Gasteiger partial charge in [0.2, 0.25) is 6.10 Å². The molecular formula is C23H24F3NO4. The van der Waals surface area contributed by atoms with Gasteiger partial charge in [-0.15, -0.1) is 0 Å². The second-order valence-corrected chi connectivity index (χ2v) is 7.18. The van der Waals surface area contributed by atoms with Gasteiger partial charge in [0.15, 0.2) is 11.3 Å². The molecule has 0 spiro atoms. The van der Waals surface area contributed by atoms with E-state index in [9.17, 15) is 18.0 Å². The zero-order chi connectivity index (χ0) is 22.6. The van der Waals surface area contributed by atoms with Gasteiger partial charge in [0.05, 0.1) is 12.5 Å². The van der Waals surface area contributed by atoms with E-state index in [0.29, 0.717) is 48.1 Å². The number of aryl methyl sites for hydroxylation is 2. The molecule has 0 aliphatic heterocycles. The highest BCUT2D eigenvalue weighted by Gasteiger charge is 2.38. The summed E-state index contributed by atoms with van der Waals surface area (Å²) >= 11 is 0. The highest BCUT2D eigenvalue weighted by atomic mass is 19.4. The van der Waals surface area contributed by atoms with Crippen LogP contribution in [0.4, 0.5) is 13.2 Å². The Kier molecular flexibility index (Phi) is 6.87. The summed E-state index contributed by atoms with van der Waals surface area (Å²) in [5.74, 6) is -0.259. The molecule has 0 saturated carbocycles. The van der Waals surface area contributed by atoms with Crippen LogP contribution in [0.25, 0.3) is 11.0 Å². The van der Waals surface area contributed by atoms with E-state index in [2.05, 4.69) is 5.16 Å². The van der Waals surface area contributed by atoms with Crippen LogP contribution in [0, 0.1) is 0 Å². The van der Waals surface area contributed by atoms with Crippen molar-refractivity contribution in [1.29, 1.82) is 0 Å². The van der Waals surface area contributed by atoms with Gasteiger partial charge in [-0.2, -0.15) is 13.2 Å². The average Bonchev–Trinajstić information content (AvgIpc) is 3.18. The molecule has 0 aliphatic carbocycles. The fourth-order valence-electron chi connectivity index (χ4n) is 3.57. The van der Waals surface area contributed by atoms with Crippen LogP contribution in [-0.2, 0) is 28.5 Å². The van der Waals surface area contributed by atoms with Crippen molar-refractivity contribution >= 4 is 16.9 Å². The van der Waals surface area contributed by atoms with Crippen LogP contribution in [0.1, 0.15) is 55.2 Å². The Labute approximate surface area is 178 Å². The molecule has 1 atom stereocenters. The van der Waals surface area contributed by atoms with E-state index >= 15 is 0 Å². The number of carbonyl (C=O) groups is 1. The van der Waals surface area contributed by atoms with Crippen molar-refractivity contribution in [1.82, 2.24) is 5.16 Å². The molecule has 5 nitrogen and oxygen atoms in total. The summed E-state index contributed by atoms with van der Waals surface area (Å²) in [5, 5.41) is 3.20. The first-order chi connectivity index (χ1) is 14.8. The summed E-state index contributed by atoms with van der Waals surface area (Å²) < 4.78 is 56.6. The predicted octanol–water partition coefficient (Wildman–Crippen LogP) is 6.04. The van der Waals surface area contributed by atoms with Gasteiger partial charge >= 0.3 is 12.1 Å². The van der Waals surface area contributed by atoms with E-state index in [1.165, 1.54) is 13.2 Å². The lowest BCUT2D eigenvalue weighted by Gasteiger charge is -2.22. The minimum atomic E-state index is -4.64. The monoisotopic (exact) mass is 435 g/mol. The maximum atomic E-state index is 13.5. The Hall–Kier alpha value is -3.03. The Morgan fingerprint density at radius 2 is 1.81 bits per heavy atom. The standard InChI is InChI=1S/C23H24F3NO4/c1-4-9-15-13-17-20(31-27-21(17)23(24,25)26)16(10-5-2)18(15)30-19(22(28)29-3)14-11-7-6-8-12-14/h6-8,11-13,19H,4-5,9-10H2,1-3H3. The van der Waals surface area contributed by atoms with Crippen molar-refractivity contribution in [2.75, 3.05) is 7.11 Å². The van der Waals surface area contributed by atoms with Crippen molar-refractivity contribution in [3.63, 3.8) is 0 Å². The fraction of sp³-hybridized carbons (Fsp3) is 0.391. The number of halogens is 3. The van der Waals surface area contributed by atoms with Gasteiger partial charge in [0.25, 0.3) is 0 Å². The van der Waals surface area contributed by atoms with Gasteiger partial charge < -0.3 is 14.0 Å². The zero-order valence-corrected chi connectivity index (χ0v) is 17.6. The van der Waals surface area contributed by atoms with Crippen LogP contribution >= 0.6 is 0 Å². The summed E-state index contributed by atoms with van der Waals surface area (Å²) in [6, 6.07) is 10.2. The number of methoxy groups -OCH3 is 1. The van der Waals surface area contributed by atoms with Gasteiger partial charge in [-0.25, -0.2) is 4.79 Å². The maximum absolute atomic E-state index is 13.5. The third kappa shape index (κ3) is 4.68. The number of carbonyl (C=O) groups excluding carboxylic acids is 1. The molecule has 2 aromatic carbocycles. The van der Waals surface area contributed by atoms with Crippen LogP contribution in [0.3, 0.4) is 0 Å². The smallest absolute Gasteiger partial charge is 0.437 e. The molecule has 0 radical (unpaired) electrons. The van der Waals surface area contributed by atoms with Crippen LogP contribution in [0.15, 0.2) is 40.9 Å². The lowest BCUT2D eigenvalue weighted by atomic mass is 9.97. The molecule has 31 heavy (non-hydrogen) atoms. The fourth-order valence-corrected chi connectivity index (χ4v) is 3.57. The van der Waals surface area contributed by atoms with Gasteiger partial charge in [0.1, 0.15) is 5.75 Å². The van der Waals surface area contributed by atoms with E-state index in [1.54, 1.807) is 24.3 Å². The Morgan fingerprint density at radius 3 is 2.39 bits per heavy atom. The van der Waals surface area contributed by atoms with Crippen molar-refractivity contribution in [3.8, 4) is 5.75 Å². The number of hydrogen-bond donors (Lipinski definition) is 0. The van der Waals surface area contributed by atoms with Crippen LogP contribution in [-0.4, -0.2) is 18.2 Å². The average molecular weight is 435 g/mol. The van der Waals surface area contributed by atoms with Crippen LogP contribution < -0.4 is 4.74 Å². The molecule has 0 aliphatic rings. The predicted molar refractivity (Wildman–Crippen MR) is 109 cm³/mol. The van der Waals surface area contributed by atoms with Crippen molar-refractivity contribution < 1.29 is 32.0 Å². The molecule has 1 heterocycles. The molecule has 3 rings (SSSR count). The summed E-state index contributed by atoms with van der Waals surface area (Å²) in [6.45, 7) is 3.82. The largest absolute Gasteiger partial charge is 0.473 e. The highest BCUT2D eigenvalue weighted by Crippen LogP contribution is 2.42. The first-order valence-corrected chi connectivity index (χ1v) is 10.1. The van der Waals surface area contributed by atoms with Gasteiger partial charge in [-0.1, -0.05) is 62.2 Å². The van der Waals surface area contributed by atoms with Crippen LogP contribution in [0.2, 0.25) is 0 Å². The molecule has 1 aromatic heterocycles. The Bertz CT molecular complexity index is 1040. The van der Waals surface area contributed by atoms with E-state index in [4.69, 9.17) is 14.0 Å². The molecule has 3 aromatic rings. The molecule has 0 fully saturated rings. The third-order valence-electron chi connectivity index (χ3n) is 4.93. The van der Waals surface area contributed by atoms with Crippen LogP contribution in [0.5, 0.6) is 5.75 Å². The number of rotatable bonds is 8. The lowest BCUT2D eigenvalue weighted by Crippen LogP contribution is -2.21. The number of benzene rings is 2. The molecule has 8 heteroatoms. The molecule has 1 unspecified atom stereocenters. The summed E-state index contributed by atoms with van der Waals surface area (Å²) in [5.41, 5.74) is 0.582. The minimum Gasteiger partial charge on any atom is -0.473 e. The minimum absolute atomic E-state index is 0.0284. The summed E-state index contributed by atoms with van der Waals surface area (Å²) in [7, 11) is 1.26. The van der Waals surface area contributed by atoms with E-state index < -0.39 is 23.9 Å². The van der Waals surface area contributed by atoms with Gasteiger partial charge in [0, 0.05) is 11.1 Å². The number of hydrogen-bond acceptors (Lipinski definition) is 5. The molecular weight excluding hydrogens is 411 g/mol. The molecule has 0 amide bonds. The number of nitrogens with zero attached hydrogens (tertiary/aromatic N) is 1. The Balaban J connectivity index is 2.22. The number of esters is 1. The number of alkyl halides is 3. The summed E-state index contributed by atoms with van der Waals surface area (Å²) in [6.07, 6.45) is -3.53. The number of fused-ring (bicyclic) bond motifs is 1. The molecule has 0 saturated heterocycles.